The molecule has 0 spiro atoms. The largest absolute Gasteiger partial charge is 1.00 e. The van der Waals surface area contributed by atoms with E-state index in [0.717, 1.165) is 12.0 Å². The van der Waals surface area contributed by atoms with Gasteiger partial charge < -0.3 is 9.45 Å². The van der Waals surface area contributed by atoms with Crippen molar-refractivity contribution in [3.05, 3.63) is 23.8 Å². The van der Waals surface area contributed by atoms with Gasteiger partial charge in [-0.2, -0.15) is 0 Å². The van der Waals surface area contributed by atoms with Crippen molar-refractivity contribution in [2.24, 2.45) is 0 Å². The maximum atomic E-state index is 11.4. The first-order valence-corrected chi connectivity index (χ1v) is 6.67. The van der Waals surface area contributed by atoms with Crippen LogP contribution in [0.5, 0.6) is 0 Å². The number of anilines is 1. The smallest absolute Gasteiger partial charge is 0.744 e. The number of carbonyl (C=O) groups excluding carboxylic acids is 1. The van der Waals surface area contributed by atoms with Crippen LogP contribution < -0.4 is 34.5 Å². The van der Waals surface area contributed by atoms with Crippen LogP contribution in [-0.4, -0.2) is 25.4 Å². The van der Waals surface area contributed by atoms with Gasteiger partial charge in [-0.3, -0.25) is 4.79 Å². The van der Waals surface area contributed by atoms with Crippen molar-refractivity contribution in [1.82, 2.24) is 0 Å². The third-order valence-electron chi connectivity index (χ3n) is 2.84. The first-order chi connectivity index (χ1) is 7.89. The van der Waals surface area contributed by atoms with Gasteiger partial charge in [-0.25, -0.2) is 8.42 Å². The number of hydrogen-bond acceptors (Lipinski definition) is 4. The summed E-state index contributed by atoms with van der Waals surface area (Å²) in [5.41, 5.74) is 1.44. The molecule has 0 radical (unpaired) electrons. The number of hydrogen-bond donors (Lipinski definition) is 0. The molecule has 1 aliphatic rings. The van der Waals surface area contributed by atoms with Crippen molar-refractivity contribution in [2.75, 3.05) is 11.4 Å². The number of rotatable bonds is 1. The van der Waals surface area contributed by atoms with Crippen LogP contribution in [0, 0.1) is 0 Å². The fourth-order valence-corrected chi connectivity index (χ4v) is 2.58. The number of benzene rings is 1. The molecule has 1 aliphatic heterocycles. The van der Waals surface area contributed by atoms with Gasteiger partial charge in [0.05, 0.1) is 4.90 Å². The van der Waals surface area contributed by atoms with Gasteiger partial charge in [-0.15, -0.1) is 0 Å². The van der Waals surface area contributed by atoms with E-state index in [-0.39, 0.29) is 40.4 Å². The van der Waals surface area contributed by atoms with Crippen molar-refractivity contribution in [2.45, 2.75) is 24.7 Å². The average Bonchev–Trinajstić information content (AvgIpc) is 2.26. The Kier molecular flexibility index (Phi) is 4.97. The molecule has 18 heavy (non-hydrogen) atoms. The molecule has 7 heteroatoms. The molecule has 0 atom stereocenters. The van der Waals surface area contributed by atoms with E-state index in [1.807, 2.05) is 0 Å². The van der Waals surface area contributed by atoms with E-state index >= 15 is 0 Å². The van der Waals surface area contributed by atoms with Crippen LogP contribution in [0.2, 0.25) is 0 Å². The van der Waals surface area contributed by atoms with E-state index in [1.165, 1.54) is 25.1 Å². The molecule has 5 nitrogen and oxygen atoms in total. The molecule has 92 valence electrons. The Labute approximate surface area is 128 Å². The number of carbonyl (C=O) groups is 1. The van der Waals surface area contributed by atoms with Crippen LogP contribution in [0.25, 0.3) is 0 Å². The summed E-state index contributed by atoms with van der Waals surface area (Å²) >= 11 is 0. The minimum atomic E-state index is -4.43. The summed E-state index contributed by atoms with van der Waals surface area (Å²) in [7, 11) is -4.43. The maximum Gasteiger partial charge on any atom is 1.00 e. The van der Waals surface area contributed by atoms with E-state index in [0.29, 0.717) is 18.7 Å². The predicted octanol–water partition coefficient (Wildman–Crippen LogP) is -2.11. The van der Waals surface area contributed by atoms with Crippen molar-refractivity contribution in [3.63, 3.8) is 0 Å². The zero-order valence-electron chi connectivity index (χ0n) is 10.3. The summed E-state index contributed by atoms with van der Waals surface area (Å²) < 4.78 is 32.7. The third-order valence-corrected chi connectivity index (χ3v) is 3.67. The standard InChI is InChI=1S/C11H13NO4S.Na/c1-8(13)12-6-2-3-9-7-10(17(14,15)16)4-5-11(9)12;/h4-5,7H,2-3,6H2,1H3,(H,14,15,16);/q;+1/p-1. The topological polar surface area (TPSA) is 77.5 Å². The van der Waals surface area contributed by atoms with Crippen LogP contribution >= 0.6 is 0 Å². The Morgan fingerprint density at radius 3 is 2.61 bits per heavy atom. The van der Waals surface area contributed by atoms with Gasteiger partial charge >= 0.3 is 29.6 Å². The number of nitrogens with zero attached hydrogens (tertiary/aromatic N) is 1. The molecule has 2 rings (SSSR count). The number of fused-ring (bicyclic) bond motifs is 1. The molecular formula is C11H12NNaO4S. The van der Waals surface area contributed by atoms with Crippen molar-refractivity contribution in [3.8, 4) is 0 Å². The van der Waals surface area contributed by atoms with Gasteiger partial charge in [0.1, 0.15) is 10.1 Å². The number of aryl methyl sites for hydroxylation is 1. The molecule has 1 aromatic rings. The average molecular weight is 277 g/mol. The quantitative estimate of drug-likeness (QED) is 0.435. The van der Waals surface area contributed by atoms with Gasteiger partial charge in [0, 0.05) is 19.2 Å². The zero-order valence-corrected chi connectivity index (χ0v) is 13.2. The molecular weight excluding hydrogens is 265 g/mol. The summed E-state index contributed by atoms with van der Waals surface area (Å²) in [5, 5.41) is 0. The van der Waals surface area contributed by atoms with Gasteiger partial charge in [-0.05, 0) is 36.6 Å². The minimum absolute atomic E-state index is 0. The second-order valence-electron chi connectivity index (χ2n) is 4.02. The molecule has 0 bridgehead atoms. The second-order valence-corrected chi connectivity index (χ2v) is 5.40. The van der Waals surface area contributed by atoms with E-state index in [4.69, 9.17) is 0 Å². The first kappa shape index (κ1) is 15.7. The summed E-state index contributed by atoms with van der Waals surface area (Å²) in [4.78, 5) is 12.8. The summed E-state index contributed by atoms with van der Waals surface area (Å²) in [6.45, 7) is 2.10. The molecule has 1 heterocycles. The van der Waals surface area contributed by atoms with Crippen LogP contribution in [-0.2, 0) is 21.3 Å². The molecule has 0 N–H and O–H groups in total. The summed E-state index contributed by atoms with van der Waals surface area (Å²) in [6.07, 6.45) is 1.46. The second kappa shape index (κ2) is 5.71. The molecule has 1 aromatic carbocycles. The molecule has 0 saturated heterocycles. The SMILES string of the molecule is CC(=O)N1CCCc2cc(S(=O)(=O)[O-])ccc21.[Na+]. The molecule has 0 unspecified atom stereocenters. The van der Waals surface area contributed by atoms with Crippen LogP contribution in [0.1, 0.15) is 18.9 Å². The van der Waals surface area contributed by atoms with E-state index in [2.05, 4.69) is 0 Å². The third kappa shape index (κ3) is 3.13. The molecule has 0 aliphatic carbocycles. The van der Waals surface area contributed by atoms with Crippen LogP contribution in [0.4, 0.5) is 5.69 Å². The maximum absolute atomic E-state index is 11.4. The van der Waals surface area contributed by atoms with E-state index in [1.54, 1.807) is 4.90 Å². The van der Waals surface area contributed by atoms with E-state index < -0.39 is 10.1 Å². The van der Waals surface area contributed by atoms with Crippen LogP contribution in [0.3, 0.4) is 0 Å². The Morgan fingerprint density at radius 1 is 1.39 bits per heavy atom. The first-order valence-electron chi connectivity index (χ1n) is 5.26. The Morgan fingerprint density at radius 2 is 2.06 bits per heavy atom. The fraction of sp³-hybridized carbons (Fsp3) is 0.364. The molecule has 0 fully saturated rings. The van der Waals surface area contributed by atoms with Gasteiger partial charge in [0.15, 0.2) is 0 Å². The van der Waals surface area contributed by atoms with Crippen molar-refractivity contribution in [1.29, 1.82) is 0 Å². The van der Waals surface area contributed by atoms with Crippen LogP contribution in [0.15, 0.2) is 23.1 Å². The Hall–Kier alpha value is -0.400. The molecule has 0 saturated carbocycles. The van der Waals surface area contributed by atoms with Gasteiger partial charge in [0.2, 0.25) is 5.91 Å². The Bertz CT molecular complexity index is 570. The van der Waals surface area contributed by atoms with Crippen molar-refractivity contribution >= 4 is 21.7 Å². The monoisotopic (exact) mass is 277 g/mol. The minimum Gasteiger partial charge on any atom is -0.744 e. The fourth-order valence-electron chi connectivity index (χ4n) is 2.06. The van der Waals surface area contributed by atoms with Crippen molar-refractivity contribution < 1.29 is 47.3 Å². The summed E-state index contributed by atoms with van der Waals surface area (Å²) in [6, 6.07) is 4.15. The Balaban J connectivity index is 0.00000162. The van der Waals surface area contributed by atoms with Gasteiger partial charge in [0.25, 0.3) is 0 Å². The van der Waals surface area contributed by atoms with Gasteiger partial charge in [-0.1, -0.05) is 0 Å². The predicted molar refractivity (Wildman–Crippen MR) is 60.8 cm³/mol. The number of amides is 1. The van der Waals surface area contributed by atoms with E-state index in [9.17, 15) is 17.8 Å². The normalized spacial score (nSPS) is 14.7. The summed E-state index contributed by atoms with van der Waals surface area (Å²) in [5.74, 6) is -0.0799. The zero-order chi connectivity index (χ0) is 12.6. The molecule has 0 aromatic heterocycles. The molecule has 1 amide bonds.